The molecule has 1 aromatic carbocycles. The quantitative estimate of drug-likeness (QED) is 0.799. The first kappa shape index (κ1) is 19.4. The molecule has 3 atom stereocenters. The van der Waals surface area contributed by atoms with Gasteiger partial charge in [-0.2, -0.15) is 0 Å². The van der Waals surface area contributed by atoms with Crippen molar-refractivity contribution in [3.05, 3.63) is 48.0 Å². The highest BCUT2D eigenvalue weighted by Gasteiger charge is 2.29. The van der Waals surface area contributed by atoms with Crippen molar-refractivity contribution in [1.29, 1.82) is 0 Å². The van der Waals surface area contributed by atoms with Gasteiger partial charge in [-0.25, -0.2) is 0 Å². The summed E-state index contributed by atoms with van der Waals surface area (Å²) >= 11 is 0. The highest BCUT2D eigenvalue weighted by molar-refractivity contribution is 5.76. The van der Waals surface area contributed by atoms with Gasteiger partial charge < -0.3 is 10.0 Å². The number of carbonyl (C=O) groups excluding carboxylic acids is 1. The molecular formula is C20H31NO2. The van der Waals surface area contributed by atoms with Gasteiger partial charge in [0, 0.05) is 13.5 Å². The van der Waals surface area contributed by atoms with Crippen molar-refractivity contribution >= 4 is 5.91 Å². The third-order valence-corrected chi connectivity index (χ3v) is 4.53. The van der Waals surface area contributed by atoms with Crippen molar-refractivity contribution < 1.29 is 9.90 Å². The van der Waals surface area contributed by atoms with Crippen LogP contribution in [0.25, 0.3) is 0 Å². The normalized spacial score (nSPS) is 16.1. The van der Waals surface area contributed by atoms with E-state index in [0.717, 1.165) is 5.56 Å². The van der Waals surface area contributed by atoms with E-state index in [1.54, 1.807) is 11.9 Å². The van der Waals surface area contributed by atoms with Crippen LogP contribution >= 0.6 is 0 Å². The summed E-state index contributed by atoms with van der Waals surface area (Å²) in [5.74, 6) is 0.244. The molecule has 0 spiro atoms. The van der Waals surface area contributed by atoms with Crippen LogP contribution in [-0.2, 0) is 4.79 Å². The number of nitrogens with zero attached hydrogens (tertiary/aromatic N) is 1. The molecule has 1 amide bonds. The zero-order chi connectivity index (χ0) is 17.6. The fourth-order valence-electron chi connectivity index (χ4n) is 2.59. The molecule has 3 heteroatoms. The molecule has 0 aliphatic rings. The summed E-state index contributed by atoms with van der Waals surface area (Å²) in [4.78, 5) is 14.3. The zero-order valence-electron chi connectivity index (χ0n) is 15.3. The molecule has 1 N–H and O–H groups in total. The Bertz CT molecular complexity index is 516. The predicted molar refractivity (Wildman–Crippen MR) is 96.0 cm³/mol. The van der Waals surface area contributed by atoms with E-state index in [2.05, 4.69) is 26.8 Å². The summed E-state index contributed by atoms with van der Waals surface area (Å²) in [6.45, 7) is 10.3. The van der Waals surface area contributed by atoms with Gasteiger partial charge in [-0.3, -0.25) is 4.79 Å². The Balaban J connectivity index is 2.79. The fourth-order valence-corrected chi connectivity index (χ4v) is 2.59. The standard InChI is InChI=1S/C20H31NO2/c1-7-11-17(20(3,4)5)14-18(22)21(6)15(2)19(23)16-12-9-8-10-13-16/h7-13,15,17,19,23H,14H2,1-6H3/b11-7+/t15-,17+,19+/m0/s1. The summed E-state index contributed by atoms with van der Waals surface area (Å²) in [7, 11) is 1.77. The van der Waals surface area contributed by atoms with Gasteiger partial charge in [0.25, 0.3) is 0 Å². The number of hydrogen-bond donors (Lipinski definition) is 1. The van der Waals surface area contributed by atoms with Gasteiger partial charge in [0.15, 0.2) is 0 Å². The summed E-state index contributed by atoms with van der Waals surface area (Å²) < 4.78 is 0. The number of aliphatic hydroxyl groups is 1. The van der Waals surface area contributed by atoms with Crippen molar-refractivity contribution in [3.63, 3.8) is 0 Å². The van der Waals surface area contributed by atoms with Crippen molar-refractivity contribution in [1.82, 2.24) is 4.90 Å². The average Bonchev–Trinajstić information content (AvgIpc) is 2.52. The number of rotatable bonds is 6. The van der Waals surface area contributed by atoms with E-state index in [1.165, 1.54) is 0 Å². The first-order valence-corrected chi connectivity index (χ1v) is 8.30. The first-order valence-electron chi connectivity index (χ1n) is 8.30. The number of allylic oxidation sites excluding steroid dienone is 2. The van der Waals surface area contributed by atoms with Crippen LogP contribution in [0, 0.1) is 11.3 Å². The van der Waals surface area contributed by atoms with E-state index >= 15 is 0 Å². The molecule has 0 heterocycles. The number of aliphatic hydroxyl groups excluding tert-OH is 1. The molecule has 0 aromatic heterocycles. The molecule has 0 radical (unpaired) electrons. The molecule has 1 rings (SSSR count). The maximum atomic E-state index is 12.6. The smallest absolute Gasteiger partial charge is 0.223 e. The number of amides is 1. The van der Waals surface area contributed by atoms with Gasteiger partial charge in [0.1, 0.15) is 0 Å². The highest BCUT2D eigenvalue weighted by Crippen LogP contribution is 2.31. The minimum absolute atomic E-state index is 0.0320. The Labute approximate surface area is 141 Å². The largest absolute Gasteiger partial charge is 0.386 e. The Morgan fingerprint density at radius 3 is 2.30 bits per heavy atom. The molecule has 0 aliphatic heterocycles. The second-order valence-electron chi connectivity index (χ2n) is 7.30. The minimum atomic E-state index is -0.681. The number of benzene rings is 1. The summed E-state index contributed by atoms with van der Waals surface area (Å²) in [5, 5.41) is 10.5. The van der Waals surface area contributed by atoms with Gasteiger partial charge >= 0.3 is 0 Å². The molecule has 128 valence electrons. The van der Waals surface area contributed by atoms with Crippen molar-refractivity contribution in [2.45, 2.75) is 53.2 Å². The molecule has 0 unspecified atom stereocenters. The molecule has 23 heavy (non-hydrogen) atoms. The molecule has 0 fully saturated rings. The van der Waals surface area contributed by atoms with E-state index in [1.807, 2.05) is 50.3 Å². The molecule has 1 aromatic rings. The van der Waals surface area contributed by atoms with Gasteiger partial charge in [0.2, 0.25) is 5.91 Å². The molecule has 0 aliphatic carbocycles. The van der Waals surface area contributed by atoms with Crippen molar-refractivity contribution in [2.24, 2.45) is 11.3 Å². The lowest BCUT2D eigenvalue weighted by Gasteiger charge is -2.33. The van der Waals surface area contributed by atoms with Crippen LogP contribution in [-0.4, -0.2) is 29.0 Å². The summed E-state index contributed by atoms with van der Waals surface area (Å²) in [6, 6.07) is 9.22. The Hall–Kier alpha value is -1.61. The lowest BCUT2D eigenvalue weighted by Crippen LogP contribution is -2.40. The van der Waals surface area contributed by atoms with Crippen molar-refractivity contribution in [2.75, 3.05) is 7.05 Å². The van der Waals surface area contributed by atoms with Gasteiger partial charge in [-0.05, 0) is 30.7 Å². The third-order valence-electron chi connectivity index (χ3n) is 4.53. The molecular weight excluding hydrogens is 286 g/mol. The lowest BCUT2D eigenvalue weighted by atomic mass is 9.78. The maximum Gasteiger partial charge on any atom is 0.223 e. The molecule has 0 bridgehead atoms. The monoisotopic (exact) mass is 317 g/mol. The third kappa shape index (κ3) is 5.51. The van der Waals surface area contributed by atoms with Crippen LogP contribution in [0.1, 0.15) is 52.7 Å². The van der Waals surface area contributed by atoms with Gasteiger partial charge in [-0.1, -0.05) is 63.3 Å². The number of hydrogen-bond acceptors (Lipinski definition) is 2. The van der Waals surface area contributed by atoms with Crippen LogP contribution in [0.2, 0.25) is 0 Å². The van der Waals surface area contributed by atoms with Crippen molar-refractivity contribution in [3.8, 4) is 0 Å². The molecule has 0 saturated carbocycles. The fraction of sp³-hybridized carbons (Fsp3) is 0.550. The molecule has 0 saturated heterocycles. The lowest BCUT2D eigenvalue weighted by molar-refractivity contribution is -0.135. The summed E-state index contributed by atoms with van der Waals surface area (Å²) in [6.07, 6.45) is 3.88. The Kier molecular flexibility index (Phi) is 7.01. The van der Waals surface area contributed by atoms with E-state index in [9.17, 15) is 9.90 Å². The molecule has 3 nitrogen and oxygen atoms in total. The van der Waals surface area contributed by atoms with E-state index < -0.39 is 6.10 Å². The van der Waals surface area contributed by atoms with E-state index in [-0.39, 0.29) is 23.3 Å². The zero-order valence-corrected chi connectivity index (χ0v) is 15.3. The highest BCUT2D eigenvalue weighted by atomic mass is 16.3. The topological polar surface area (TPSA) is 40.5 Å². The number of carbonyl (C=O) groups is 1. The number of likely N-dealkylation sites (N-methyl/N-ethyl adjacent to an activating group) is 1. The average molecular weight is 317 g/mol. The predicted octanol–water partition coefficient (Wildman–Crippen LogP) is 4.20. The van der Waals surface area contributed by atoms with E-state index in [4.69, 9.17) is 0 Å². The van der Waals surface area contributed by atoms with Gasteiger partial charge in [0.05, 0.1) is 12.1 Å². The SMILES string of the molecule is C/C=C/[C@H](CC(=O)N(C)[C@@H](C)[C@@H](O)c1ccccc1)C(C)(C)C. The van der Waals surface area contributed by atoms with Crippen LogP contribution < -0.4 is 0 Å². The minimum Gasteiger partial charge on any atom is -0.386 e. The van der Waals surface area contributed by atoms with Crippen LogP contribution in [0.15, 0.2) is 42.5 Å². The summed E-state index contributed by atoms with van der Waals surface area (Å²) in [5.41, 5.74) is 0.866. The van der Waals surface area contributed by atoms with E-state index in [0.29, 0.717) is 6.42 Å². The van der Waals surface area contributed by atoms with Crippen LogP contribution in [0.4, 0.5) is 0 Å². The first-order chi connectivity index (χ1) is 10.7. The Morgan fingerprint density at radius 1 is 1.26 bits per heavy atom. The Morgan fingerprint density at radius 2 is 1.83 bits per heavy atom. The van der Waals surface area contributed by atoms with Crippen LogP contribution in [0.3, 0.4) is 0 Å². The van der Waals surface area contributed by atoms with Crippen LogP contribution in [0.5, 0.6) is 0 Å². The second-order valence-corrected chi connectivity index (χ2v) is 7.30. The maximum absolute atomic E-state index is 12.6. The second kappa shape index (κ2) is 8.30. The van der Waals surface area contributed by atoms with Gasteiger partial charge in [-0.15, -0.1) is 0 Å².